The Balaban J connectivity index is 2.53. The first-order valence-electron chi connectivity index (χ1n) is 6.93. The van der Waals surface area contributed by atoms with E-state index >= 15 is 0 Å². The number of nitrogens with zero attached hydrogens (tertiary/aromatic N) is 1. The molecule has 1 aromatic heterocycles. The second kappa shape index (κ2) is 8.64. The van der Waals surface area contributed by atoms with E-state index in [4.69, 9.17) is 10.5 Å². The summed E-state index contributed by atoms with van der Waals surface area (Å²) < 4.78 is 5.08. The molecule has 0 aromatic carbocycles. The van der Waals surface area contributed by atoms with E-state index in [1.165, 1.54) is 0 Å². The Morgan fingerprint density at radius 2 is 2.16 bits per heavy atom. The fourth-order valence-corrected chi connectivity index (χ4v) is 2.24. The maximum Gasteiger partial charge on any atom is 0.164 e. The van der Waals surface area contributed by atoms with Gasteiger partial charge in [-0.2, -0.15) is 0 Å². The number of aromatic nitrogens is 1. The van der Waals surface area contributed by atoms with Crippen molar-refractivity contribution in [2.75, 3.05) is 13.7 Å². The Hall–Kier alpha value is -1.42. The van der Waals surface area contributed by atoms with Crippen LogP contribution in [0.15, 0.2) is 18.5 Å². The summed E-state index contributed by atoms with van der Waals surface area (Å²) in [5.41, 5.74) is 6.23. The number of carbonyl (C=O) groups excluding carboxylic acids is 1. The predicted octanol–water partition coefficient (Wildman–Crippen LogP) is 2.82. The topological polar surface area (TPSA) is 65.2 Å². The third-order valence-electron chi connectivity index (χ3n) is 3.32. The molecule has 0 bridgehead atoms. The molecule has 4 nitrogen and oxygen atoms in total. The average Bonchev–Trinajstić information content (AvgIpc) is 2.45. The van der Waals surface area contributed by atoms with Gasteiger partial charge in [0.05, 0.1) is 13.3 Å². The Labute approximate surface area is 115 Å². The van der Waals surface area contributed by atoms with Crippen molar-refractivity contribution >= 4 is 5.78 Å². The Morgan fingerprint density at radius 3 is 2.79 bits per heavy atom. The lowest BCUT2D eigenvalue weighted by Crippen LogP contribution is -2.11. The number of hydrogen-bond acceptors (Lipinski definition) is 4. The van der Waals surface area contributed by atoms with E-state index in [9.17, 15) is 4.79 Å². The van der Waals surface area contributed by atoms with Crippen LogP contribution in [0.3, 0.4) is 0 Å². The maximum absolute atomic E-state index is 12.1. The Morgan fingerprint density at radius 1 is 1.37 bits per heavy atom. The van der Waals surface area contributed by atoms with Crippen LogP contribution in [0.2, 0.25) is 0 Å². The van der Waals surface area contributed by atoms with Crippen molar-refractivity contribution in [2.45, 2.75) is 39.0 Å². The molecule has 0 fully saturated rings. The first-order valence-corrected chi connectivity index (χ1v) is 6.93. The lowest BCUT2D eigenvalue weighted by Gasteiger charge is -2.14. The zero-order chi connectivity index (χ0) is 14.1. The average molecular weight is 264 g/mol. The molecule has 1 rings (SSSR count). The first kappa shape index (κ1) is 15.6. The summed E-state index contributed by atoms with van der Waals surface area (Å²) in [7, 11) is 1.57. The van der Waals surface area contributed by atoms with E-state index in [1.54, 1.807) is 25.6 Å². The fourth-order valence-electron chi connectivity index (χ4n) is 2.24. The number of pyridine rings is 1. The predicted molar refractivity (Wildman–Crippen MR) is 76.4 cm³/mol. The molecule has 0 radical (unpaired) electrons. The van der Waals surface area contributed by atoms with Crippen molar-refractivity contribution < 1.29 is 9.53 Å². The summed E-state index contributed by atoms with van der Waals surface area (Å²) in [6, 6.07) is 1.74. The normalized spacial score (nSPS) is 12.2. The molecular formula is C15H24N2O2. The fraction of sp³-hybridized carbons (Fsp3) is 0.600. The van der Waals surface area contributed by atoms with Crippen LogP contribution in [0.1, 0.15) is 49.4 Å². The second-order valence-electron chi connectivity index (χ2n) is 4.81. The molecule has 0 aliphatic heterocycles. The van der Waals surface area contributed by atoms with Gasteiger partial charge in [-0.15, -0.1) is 0 Å². The van der Waals surface area contributed by atoms with Gasteiger partial charge in [0, 0.05) is 18.2 Å². The highest BCUT2D eigenvalue weighted by Crippen LogP contribution is 2.19. The van der Waals surface area contributed by atoms with Crippen LogP contribution in [0, 0.1) is 5.92 Å². The molecule has 0 amide bonds. The van der Waals surface area contributed by atoms with Gasteiger partial charge in [-0.25, -0.2) is 0 Å². The number of rotatable bonds is 9. The highest BCUT2D eigenvalue weighted by atomic mass is 16.5. The summed E-state index contributed by atoms with van der Waals surface area (Å²) in [4.78, 5) is 16.1. The van der Waals surface area contributed by atoms with Crippen molar-refractivity contribution in [2.24, 2.45) is 11.7 Å². The Kier molecular flexibility index (Phi) is 7.11. The lowest BCUT2D eigenvalue weighted by molar-refractivity contribution is 0.0971. The minimum atomic E-state index is 0.129. The lowest BCUT2D eigenvalue weighted by atomic mass is 9.92. The number of ketones is 1. The third kappa shape index (κ3) is 5.39. The molecule has 0 aliphatic rings. The van der Waals surface area contributed by atoms with Crippen LogP contribution < -0.4 is 10.5 Å². The van der Waals surface area contributed by atoms with Crippen LogP contribution >= 0.6 is 0 Å². The highest BCUT2D eigenvalue weighted by molar-refractivity contribution is 5.96. The quantitative estimate of drug-likeness (QED) is 0.696. The van der Waals surface area contributed by atoms with E-state index in [2.05, 4.69) is 11.9 Å². The van der Waals surface area contributed by atoms with Gasteiger partial charge in [0.15, 0.2) is 5.78 Å². The Bertz CT molecular complexity index is 387. The van der Waals surface area contributed by atoms with Gasteiger partial charge >= 0.3 is 0 Å². The summed E-state index contributed by atoms with van der Waals surface area (Å²) in [6.45, 7) is 2.86. The SMILES string of the molecule is CCCC(CCN)CCC(=O)c1cncc(OC)c1. The van der Waals surface area contributed by atoms with Crippen molar-refractivity contribution in [3.05, 3.63) is 24.0 Å². The molecule has 19 heavy (non-hydrogen) atoms. The zero-order valence-corrected chi connectivity index (χ0v) is 11.9. The van der Waals surface area contributed by atoms with E-state index < -0.39 is 0 Å². The largest absolute Gasteiger partial charge is 0.495 e. The molecule has 1 atom stereocenters. The van der Waals surface area contributed by atoms with Gasteiger partial charge in [0.1, 0.15) is 5.75 Å². The van der Waals surface area contributed by atoms with Crippen molar-refractivity contribution in [3.63, 3.8) is 0 Å². The van der Waals surface area contributed by atoms with Gasteiger partial charge in [-0.05, 0) is 31.4 Å². The van der Waals surface area contributed by atoms with E-state index in [0.717, 1.165) is 25.7 Å². The van der Waals surface area contributed by atoms with E-state index in [0.29, 0.717) is 30.2 Å². The highest BCUT2D eigenvalue weighted by Gasteiger charge is 2.12. The molecule has 0 saturated heterocycles. The summed E-state index contributed by atoms with van der Waals surface area (Å²) in [5, 5.41) is 0. The number of carbonyl (C=O) groups is 1. The minimum Gasteiger partial charge on any atom is -0.495 e. The van der Waals surface area contributed by atoms with Gasteiger partial charge in [-0.1, -0.05) is 19.8 Å². The number of hydrogen-bond donors (Lipinski definition) is 1. The molecular weight excluding hydrogens is 240 g/mol. The van der Waals surface area contributed by atoms with Crippen LogP contribution in [0.4, 0.5) is 0 Å². The molecule has 1 unspecified atom stereocenters. The van der Waals surface area contributed by atoms with Gasteiger partial charge in [0.2, 0.25) is 0 Å². The third-order valence-corrected chi connectivity index (χ3v) is 3.32. The molecule has 1 heterocycles. The van der Waals surface area contributed by atoms with E-state index in [-0.39, 0.29) is 5.78 Å². The molecule has 4 heteroatoms. The molecule has 1 aromatic rings. The molecule has 0 aliphatic carbocycles. The number of ether oxygens (including phenoxy) is 1. The number of nitrogens with two attached hydrogens (primary N) is 1. The van der Waals surface area contributed by atoms with Crippen LogP contribution in [-0.4, -0.2) is 24.4 Å². The zero-order valence-electron chi connectivity index (χ0n) is 11.9. The van der Waals surface area contributed by atoms with Crippen molar-refractivity contribution in [3.8, 4) is 5.75 Å². The second-order valence-corrected chi connectivity index (χ2v) is 4.81. The molecule has 106 valence electrons. The smallest absolute Gasteiger partial charge is 0.164 e. The van der Waals surface area contributed by atoms with Crippen molar-refractivity contribution in [1.29, 1.82) is 0 Å². The monoisotopic (exact) mass is 264 g/mol. The summed E-state index contributed by atoms with van der Waals surface area (Å²) >= 11 is 0. The van der Waals surface area contributed by atoms with Crippen LogP contribution in [0.25, 0.3) is 0 Å². The standard InChI is InChI=1S/C15H24N2O2/c1-3-4-12(7-8-16)5-6-15(18)13-9-14(19-2)11-17-10-13/h9-12H,3-8,16H2,1-2H3. The summed E-state index contributed by atoms with van der Waals surface area (Å²) in [5.74, 6) is 1.31. The molecule has 0 saturated carbocycles. The van der Waals surface area contributed by atoms with E-state index in [1.807, 2.05) is 0 Å². The van der Waals surface area contributed by atoms with Crippen molar-refractivity contribution in [1.82, 2.24) is 4.98 Å². The van der Waals surface area contributed by atoms with Crippen LogP contribution in [-0.2, 0) is 0 Å². The summed E-state index contributed by atoms with van der Waals surface area (Å²) in [6.07, 6.45) is 7.94. The number of Topliss-reactive ketones (excluding diaryl/α,β-unsaturated/α-hetero) is 1. The van der Waals surface area contributed by atoms with Crippen LogP contribution in [0.5, 0.6) is 5.75 Å². The molecule has 0 spiro atoms. The maximum atomic E-state index is 12.1. The van der Waals surface area contributed by atoms with Gasteiger partial charge in [-0.3, -0.25) is 9.78 Å². The first-order chi connectivity index (χ1) is 9.21. The van der Waals surface area contributed by atoms with Gasteiger partial charge in [0.25, 0.3) is 0 Å². The minimum absolute atomic E-state index is 0.129. The van der Waals surface area contributed by atoms with Gasteiger partial charge < -0.3 is 10.5 Å². The number of methoxy groups -OCH3 is 1. The molecule has 2 N–H and O–H groups in total.